The number of hydrogen-bond acceptors (Lipinski definition) is 4. The molecule has 0 amide bonds. The lowest BCUT2D eigenvalue weighted by Crippen LogP contribution is -2.15. The van der Waals surface area contributed by atoms with E-state index in [0.717, 1.165) is 27.9 Å². The van der Waals surface area contributed by atoms with Crippen LogP contribution >= 0.6 is 15.9 Å². The van der Waals surface area contributed by atoms with Gasteiger partial charge in [-0.05, 0) is 43.5 Å². The van der Waals surface area contributed by atoms with Crippen LogP contribution in [0.15, 0.2) is 35.1 Å². The molecule has 5 heteroatoms. The van der Waals surface area contributed by atoms with Crippen molar-refractivity contribution >= 4 is 15.9 Å². The molecule has 1 aromatic carbocycles. The van der Waals surface area contributed by atoms with Gasteiger partial charge in [-0.15, -0.1) is 0 Å². The molecule has 1 heterocycles. The molecule has 0 radical (unpaired) electrons. The Morgan fingerprint density at radius 3 is 2.70 bits per heavy atom. The van der Waals surface area contributed by atoms with Gasteiger partial charge in [0, 0.05) is 35.0 Å². The predicted octanol–water partition coefficient (Wildman–Crippen LogP) is 3.59. The third-order valence-electron chi connectivity index (χ3n) is 3.19. The highest BCUT2D eigenvalue weighted by atomic mass is 79.9. The van der Waals surface area contributed by atoms with Gasteiger partial charge in [0.2, 0.25) is 0 Å². The van der Waals surface area contributed by atoms with Gasteiger partial charge >= 0.3 is 6.01 Å². The van der Waals surface area contributed by atoms with E-state index in [1.165, 1.54) is 12.8 Å². The molecule has 20 heavy (non-hydrogen) atoms. The van der Waals surface area contributed by atoms with E-state index in [0.29, 0.717) is 12.1 Å². The predicted molar refractivity (Wildman–Crippen MR) is 80.8 cm³/mol. The number of ether oxygens (including phenoxy) is 1. The molecular weight excluding hydrogens is 318 g/mol. The second kappa shape index (κ2) is 5.89. The number of hydrogen-bond donors (Lipinski definition) is 1. The summed E-state index contributed by atoms with van der Waals surface area (Å²) < 4.78 is 6.71. The van der Waals surface area contributed by atoms with Crippen LogP contribution in [0.4, 0.5) is 0 Å². The highest BCUT2D eigenvalue weighted by molar-refractivity contribution is 9.10. The van der Waals surface area contributed by atoms with Crippen molar-refractivity contribution in [1.82, 2.24) is 15.3 Å². The number of nitrogens with one attached hydrogen (secondary N) is 1. The van der Waals surface area contributed by atoms with Gasteiger partial charge in [-0.25, -0.2) is 9.97 Å². The Balaban J connectivity index is 1.62. The van der Waals surface area contributed by atoms with Crippen molar-refractivity contribution in [1.29, 1.82) is 0 Å². The smallest absolute Gasteiger partial charge is 0.321 e. The average molecular weight is 334 g/mol. The molecule has 1 N–H and O–H groups in total. The number of halogens is 1. The van der Waals surface area contributed by atoms with Crippen LogP contribution in [0.3, 0.4) is 0 Å². The zero-order valence-electron chi connectivity index (χ0n) is 11.3. The number of nitrogens with zero attached hydrogens (tertiary/aromatic N) is 2. The Hall–Kier alpha value is -1.46. The molecule has 0 atom stereocenters. The summed E-state index contributed by atoms with van der Waals surface area (Å²) in [6.45, 7) is 2.84. The van der Waals surface area contributed by atoms with Crippen LogP contribution in [0.25, 0.3) is 0 Å². The van der Waals surface area contributed by atoms with Crippen molar-refractivity contribution in [3.05, 3.63) is 46.2 Å². The monoisotopic (exact) mass is 333 g/mol. The highest BCUT2D eigenvalue weighted by Crippen LogP contribution is 2.24. The molecule has 1 fully saturated rings. The van der Waals surface area contributed by atoms with Gasteiger partial charge in [0.25, 0.3) is 0 Å². The lowest BCUT2D eigenvalue weighted by Gasteiger charge is -2.06. The van der Waals surface area contributed by atoms with Crippen molar-refractivity contribution in [3.8, 4) is 11.8 Å². The van der Waals surface area contributed by atoms with Crippen molar-refractivity contribution in [2.45, 2.75) is 32.4 Å². The summed E-state index contributed by atoms with van der Waals surface area (Å²) in [7, 11) is 0. The number of benzene rings is 1. The minimum atomic E-state index is 0.377. The van der Waals surface area contributed by atoms with Crippen LogP contribution in [0.1, 0.15) is 24.0 Å². The minimum absolute atomic E-state index is 0.377. The Labute approximate surface area is 126 Å². The molecule has 0 unspecified atom stereocenters. The summed E-state index contributed by atoms with van der Waals surface area (Å²) in [5, 5.41) is 3.43. The molecule has 0 bridgehead atoms. The molecule has 104 valence electrons. The fourth-order valence-electron chi connectivity index (χ4n) is 1.82. The second-order valence-electron chi connectivity index (χ2n) is 5.04. The third kappa shape index (κ3) is 3.55. The molecule has 1 aliphatic carbocycles. The standard InChI is InChI=1S/C15H16BrN3O/c1-10-6-13(4-5-14(10)16)20-15-18-8-11(9-19-15)7-17-12-2-3-12/h4-6,8-9,12,17H,2-3,7H2,1H3. The number of aromatic nitrogens is 2. The van der Waals surface area contributed by atoms with Gasteiger partial charge in [0.15, 0.2) is 0 Å². The lowest BCUT2D eigenvalue weighted by atomic mass is 10.2. The molecule has 0 spiro atoms. The van der Waals surface area contributed by atoms with Crippen LogP contribution in [0, 0.1) is 6.92 Å². The van der Waals surface area contributed by atoms with Gasteiger partial charge < -0.3 is 10.1 Å². The van der Waals surface area contributed by atoms with Gasteiger partial charge in [-0.2, -0.15) is 0 Å². The first kappa shape index (κ1) is 13.5. The van der Waals surface area contributed by atoms with Crippen molar-refractivity contribution < 1.29 is 4.74 Å². The maximum atomic E-state index is 5.64. The van der Waals surface area contributed by atoms with E-state index in [4.69, 9.17) is 4.74 Å². The van der Waals surface area contributed by atoms with E-state index in [9.17, 15) is 0 Å². The molecule has 0 aliphatic heterocycles. The fourth-order valence-corrected chi connectivity index (χ4v) is 2.07. The molecule has 1 aromatic heterocycles. The van der Waals surface area contributed by atoms with E-state index in [2.05, 4.69) is 31.2 Å². The zero-order valence-corrected chi connectivity index (χ0v) is 12.9. The number of rotatable bonds is 5. The fraction of sp³-hybridized carbons (Fsp3) is 0.333. The topological polar surface area (TPSA) is 47.0 Å². The summed E-state index contributed by atoms with van der Waals surface area (Å²) in [6.07, 6.45) is 6.18. The first-order chi connectivity index (χ1) is 9.70. The van der Waals surface area contributed by atoms with Gasteiger partial charge in [-0.3, -0.25) is 0 Å². The molecular formula is C15H16BrN3O. The van der Waals surface area contributed by atoms with E-state index in [1.807, 2.05) is 37.5 Å². The largest absolute Gasteiger partial charge is 0.424 e. The maximum Gasteiger partial charge on any atom is 0.321 e. The Bertz CT molecular complexity index is 597. The molecule has 3 rings (SSSR count). The summed E-state index contributed by atoms with van der Waals surface area (Å²) in [5.74, 6) is 0.745. The second-order valence-corrected chi connectivity index (χ2v) is 5.90. The normalized spacial score (nSPS) is 14.3. The molecule has 1 saturated carbocycles. The average Bonchev–Trinajstić information content (AvgIpc) is 3.26. The molecule has 0 saturated heterocycles. The Morgan fingerprint density at radius 2 is 2.05 bits per heavy atom. The van der Waals surface area contributed by atoms with Crippen LogP contribution in [-0.4, -0.2) is 16.0 Å². The van der Waals surface area contributed by atoms with Crippen molar-refractivity contribution in [3.63, 3.8) is 0 Å². The summed E-state index contributed by atoms with van der Waals surface area (Å²) >= 11 is 3.46. The Morgan fingerprint density at radius 1 is 1.30 bits per heavy atom. The molecule has 2 aromatic rings. The summed E-state index contributed by atoms with van der Waals surface area (Å²) in [4.78, 5) is 8.48. The first-order valence-corrected chi connectivity index (χ1v) is 7.48. The molecule has 4 nitrogen and oxygen atoms in total. The third-order valence-corrected chi connectivity index (χ3v) is 4.08. The summed E-state index contributed by atoms with van der Waals surface area (Å²) in [5.41, 5.74) is 2.20. The van der Waals surface area contributed by atoms with Crippen LogP contribution in [-0.2, 0) is 6.54 Å². The zero-order chi connectivity index (χ0) is 13.9. The Kier molecular flexibility index (Phi) is 3.98. The number of aryl methyl sites for hydroxylation is 1. The van der Waals surface area contributed by atoms with E-state index in [-0.39, 0.29) is 0 Å². The van der Waals surface area contributed by atoms with E-state index < -0.39 is 0 Å². The van der Waals surface area contributed by atoms with Crippen molar-refractivity contribution in [2.75, 3.05) is 0 Å². The van der Waals surface area contributed by atoms with Crippen LogP contribution in [0.2, 0.25) is 0 Å². The maximum absolute atomic E-state index is 5.64. The lowest BCUT2D eigenvalue weighted by molar-refractivity contribution is 0.440. The van der Waals surface area contributed by atoms with E-state index >= 15 is 0 Å². The summed E-state index contributed by atoms with van der Waals surface area (Å²) in [6, 6.07) is 6.87. The first-order valence-electron chi connectivity index (χ1n) is 6.69. The van der Waals surface area contributed by atoms with Gasteiger partial charge in [-0.1, -0.05) is 15.9 Å². The highest BCUT2D eigenvalue weighted by Gasteiger charge is 2.19. The quantitative estimate of drug-likeness (QED) is 0.908. The molecule has 1 aliphatic rings. The van der Waals surface area contributed by atoms with Crippen LogP contribution in [0.5, 0.6) is 11.8 Å². The SMILES string of the molecule is Cc1cc(Oc2ncc(CNC3CC3)cn2)ccc1Br. The van der Waals surface area contributed by atoms with Gasteiger partial charge in [0.1, 0.15) is 5.75 Å². The minimum Gasteiger partial charge on any atom is -0.424 e. The van der Waals surface area contributed by atoms with Crippen molar-refractivity contribution in [2.24, 2.45) is 0 Å². The van der Waals surface area contributed by atoms with E-state index in [1.54, 1.807) is 0 Å². The van der Waals surface area contributed by atoms with Crippen LogP contribution < -0.4 is 10.1 Å². The van der Waals surface area contributed by atoms with Gasteiger partial charge in [0.05, 0.1) is 0 Å².